The van der Waals surface area contributed by atoms with Gasteiger partial charge in [-0.3, -0.25) is 4.79 Å². The third-order valence-corrected chi connectivity index (χ3v) is 3.94. The fraction of sp³-hybridized carbons (Fsp3) is 0.923. The molecular weight excluding hydrogens is 214 g/mol. The van der Waals surface area contributed by atoms with Crippen LogP contribution in [-0.2, 0) is 4.79 Å². The van der Waals surface area contributed by atoms with Crippen LogP contribution < -0.4 is 5.32 Å². The van der Waals surface area contributed by atoms with Crippen LogP contribution in [0.5, 0.6) is 0 Å². The average Bonchev–Trinajstić information content (AvgIpc) is 2.32. The topological polar surface area (TPSA) is 35.6 Å². The van der Waals surface area contributed by atoms with Crippen molar-refractivity contribution in [3.8, 4) is 0 Å². The van der Waals surface area contributed by atoms with Crippen LogP contribution in [0.1, 0.15) is 32.6 Å². The second-order valence-electron chi connectivity index (χ2n) is 5.22. The molecule has 1 aliphatic heterocycles. The van der Waals surface area contributed by atoms with E-state index in [1.54, 1.807) is 0 Å². The molecule has 2 unspecified atom stereocenters. The molecule has 4 heteroatoms. The molecule has 1 fully saturated rings. The van der Waals surface area contributed by atoms with Gasteiger partial charge in [0.1, 0.15) is 0 Å². The Morgan fingerprint density at radius 1 is 1.53 bits per heavy atom. The summed E-state index contributed by atoms with van der Waals surface area (Å²) in [5.41, 5.74) is 0. The molecule has 100 valence electrons. The maximum absolute atomic E-state index is 12.0. The van der Waals surface area contributed by atoms with Gasteiger partial charge in [0.25, 0.3) is 0 Å². The lowest BCUT2D eigenvalue weighted by molar-refractivity contribution is -0.133. The van der Waals surface area contributed by atoms with Crippen LogP contribution in [-0.4, -0.2) is 62.0 Å². The number of piperidine rings is 1. The highest BCUT2D eigenvalue weighted by Crippen LogP contribution is 2.20. The van der Waals surface area contributed by atoms with E-state index in [2.05, 4.69) is 24.2 Å². The Bertz CT molecular complexity index is 245. The summed E-state index contributed by atoms with van der Waals surface area (Å²) in [4.78, 5) is 16.3. The minimum atomic E-state index is 0.294. The summed E-state index contributed by atoms with van der Waals surface area (Å²) in [6, 6.07) is 1.02. The number of nitrogens with one attached hydrogen (secondary N) is 1. The summed E-state index contributed by atoms with van der Waals surface area (Å²) in [7, 11) is 6.05. The number of likely N-dealkylation sites (tertiary alicyclic amines) is 1. The van der Waals surface area contributed by atoms with E-state index in [4.69, 9.17) is 0 Å². The van der Waals surface area contributed by atoms with Crippen molar-refractivity contribution in [1.29, 1.82) is 0 Å². The molecule has 0 aliphatic carbocycles. The number of carbonyl (C=O) groups is 1. The number of hydrogen-bond acceptors (Lipinski definition) is 3. The maximum atomic E-state index is 12.0. The summed E-state index contributed by atoms with van der Waals surface area (Å²) >= 11 is 0. The lowest BCUT2D eigenvalue weighted by Crippen LogP contribution is -2.48. The van der Waals surface area contributed by atoms with Gasteiger partial charge in [0.2, 0.25) is 5.91 Å². The molecule has 0 bridgehead atoms. The molecule has 17 heavy (non-hydrogen) atoms. The molecule has 1 rings (SSSR count). The van der Waals surface area contributed by atoms with E-state index >= 15 is 0 Å². The summed E-state index contributed by atoms with van der Waals surface area (Å²) in [5.74, 6) is 0.294. The highest BCUT2D eigenvalue weighted by atomic mass is 16.2. The Hall–Kier alpha value is -0.610. The first-order chi connectivity index (χ1) is 8.06. The number of amides is 1. The Labute approximate surface area is 105 Å². The quantitative estimate of drug-likeness (QED) is 0.727. The predicted octanol–water partition coefficient (Wildman–Crippen LogP) is 0.927. The molecule has 0 radical (unpaired) electrons. The van der Waals surface area contributed by atoms with Gasteiger partial charge < -0.3 is 15.1 Å². The summed E-state index contributed by atoms with van der Waals surface area (Å²) < 4.78 is 0. The van der Waals surface area contributed by atoms with E-state index in [1.165, 1.54) is 0 Å². The third-order valence-electron chi connectivity index (χ3n) is 3.94. The van der Waals surface area contributed by atoms with Crippen LogP contribution >= 0.6 is 0 Å². The molecule has 2 atom stereocenters. The fourth-order valence-electron chi connectivity index (χ4n) is 2.41. The molecule has 0 saturated carbocycles. The lowest BCUT2D eigenvalue weighted by atomic mass is 9.97. The summed E-state index contributed by atoms with van der Waals surface area (Å²) in [6.45, 7) is 4.26. The van der Waals surface area contributed by atoms with Crippen molar-refractivity contribution < 1.29 is 4.79 Å². The number of hydrogen-bond donors (Lipinski definition) is 1. The van der Waals surface area contributed by atoms with E-state index in [-0.39, 0.29) is 0 Å². The van der Waals surface area contributed by atoms with E-state index in [9.17, 15) is 4.79 Å². The fourth-order valence-corrected chi connectivity index (χ4v) is 2.41. The van der Waals surface area contributed by atoms with Crippen molar-refractivity contribution in [2.24, 2.45) is 0 Å². The van der Waals surface area contributed by atoms with Crippen LogP contribution in [0.15, 0.2) is 0 Å². The molecule has 1 amide bonds. The zero-order valence-electron chi connectivity index (χ0n) is 11.7. The number of rotatable bonds is 5. The van der Waals surface area contributed by atoms with E-state index < -0.39 is 0 Å². The monoisotopic (exact) mass is 241 g/mol. The lowest BCUT2D eigenvalue weighted by Gasteiger charge is -2.39. The minimum Gasteiger partial charge on any atom is -0.343 e. The SMILES string of the molecule is CNCCCC(=O)N(C)C1CCN(C)C(C)C1. The van der Waals surface area contributed by atoms with Gasteiger partial charge in [0.15, 0.2) is 0 Å². The molecule has 4 nitrogen and oxygen atoms in total. The third kappa shape index (κ3) is 4.28. The van der Waals surface area contributed by atoms with Crippen LogP contribution in [0.2, 0.25) is 0 Å². The normalized spacial score (nSPS) is 25.9. The molecule has 1 saturated heterocycles. The van der Waals surface area contributed by atoms with Crippen LogP contribution in [0.4, 0.5) is 0 Å². The van der Waals surface area contributed by atoms with Gasteiger partial charge in [-0.25, -0.2) is 0 Å². The average molecular weight is 241 g/mol. The first-order valence-electron chi connectivity index (χ1n) is 6.66. The van der Waals surface area contributed by atoms with Crippen LogP contribution in [0.25, 0.3) is 0 Å². The zero-order valence-corrected chi connectivity index (χ0v) is 11.7. The molecular formula is C13H27N3O. The maximum Gasteiger partial charge on any atom is 0.222 e. The molecule has 1 aliphatic rings. The standard InChI is InChI=1S/C13H27N3O/c1-11-10-12(7-9-15(11)3)16(4)13(17)6-5-8-14-2/h11-12,14H,5-10H2,1-4H3. The van der Waals surface area contributed by atoms with Crippen molar-refractivity contribution in [1.82, 2.24) is 15.1 Å². The van der Waals surface area contributed by atoms with Gasteiger partial charge in [0, 0.05) is 32.1 Å². The largest absolute Gasteiger partial charge is 0.343 e. The van der Waals surface area contributed by atoms with Gasteiger partial charge in [-0.1, -0.05) is 0 Å². The molecule has 0 spiro atoms. The summed E-state index contributed by atoms with van der Waals surface area (Å²) in [6.07, 6.45) is 3.81. The number of carbonyl (C=O) groups excluding carboxylic acids is 1. The first-order valence-corrected chi connectivity index (χ1v) is 6.66. The Morgan fingerprint density at radius 2 is 2.24 bits per heavy atom. The Morgan fingerprint density at radius 3 is 2.82 bits per heavy atom. The second kappa shape index (κ2) is 6.97. The minimum absolute atomic E-state index is 0.294. The predicted molar refractivity (Wildman–Crippen MR) is 71.0 cm³/mol. The van der Waals surface area contributed by atoms with Gasteiger partial charge >= 0.3 is 0 Å². The van der Waals surface area contributed by atoms with E-state index in [1.807, 2.05) is 19.0 Å². The zero-order chi connectivity index (χ0) is 12.8. The second-order valence-corrected chi connectivity index (χ2v) is 5.22. The molecule has 0 aromatic heterocycles. The van der Waals surface area contributed by atoms with Crippen molar-refractivity contribution in [2.45, 2.75) is 44.7 Å². The van der Waals surface area contributed by atoms with Gasteiger partial charge in [-0.05, 0) is 46.8 Å². The molecule has 1 heterocycles. The first kappa shape index (κ1) is 14.5. The van der Waals surface area contributed by atoms with Crippen molar-refractivity contribution in [2.75, 3.05) is 34.2 Å². The van der Waals surface area contributed by atoms with E-state index in [0.29, 0.717) is 24.4 Å². The molecule has 0 aromatic rings. The molecule has 1 N–H and O–H groups in total. The summed E-state index contributed by atoms with van der Waals surface area (Å²) in [5, 5.41) is 3.08. The Kier molecular flexibility index (Phi) is 5.92. The highest BCUT2D eigenvalue weighted by Gasteiger charge is 2.27. The highest BCUT2D eigenvalue weighted by molar-refractivity contribution is 5.76. The van der Waals surface area contributed by atoms with Gasteiger partial charge in [-0.15, -0.1) is 0 Å². The smallest absolute Gasteiger partial charge is 0.222 e. The van der Waals surface area contributed by atoms with Crippen LogP contribution in [0, 0.1) is 0 Å². The Balaban J connectivity index is 2.36. The van der Waals surface area contributed by atoms with Gasteiger partial charge in [0.05, 0.1) is 0 Å². The number of nitrogens with zero attached hydrogens (tertiary/aromatic N) is 2. The van der Waals surface area contributed by atoms with Crippen LogP contribution in [0.3, 0.4) is 0 Å². The van der Waals surface area contributed by atoms with Gasteiger partial charge in [-0.2, -0.15) is 0 Å². The van der Waals surface area contributed by atoms with Crippen molar-refractivity contribution >= 4 is 5.91 Å². The van der Waals surface area contributed by atoms with Crippen molar-refractivity contribution in [3.63, 3.8) is 0 Å². The van der Waals surface area contributed by atoms with Crippen molar-refractivity contribution in [3.05, 3.63) is 0 Å². The van der Waals surface area contributed by atoms with E-state index in [0.717, 1.165) is 32.4 Å². The molecule has 0 aromatic carbocycles.